The van der Waals surface area contributed by atoms with E-state index in [1.807, 2.05) is 0 Å². The monoisotopic (exact) mass is 330 g/mol. The lowest BCUT2D eigenvalue weighted by Gasteiger charge is -2.20. The van der Waals surface area contributed by atoms with Crippen molar-refractivity contribution in [3.8, 4) is 0 Å². The Bertz CT molecular complexity index is 604. The Kier molecular flexibility index (Phi) is 5.30. The van der Waals surface area contributed by atoms with Crippen LogP contribution in [0.2, 0.25) is 5.02 Å². The Balaban J connectivity index is 2.21. The fraction of sp³-hybridized carbons (Fsp3) is 0.600. The first kappa shape index (κ1) is 16.7. The van der Waals surface area contributed by atoms with Gasteiger partial charge in [-0.15, -0.1) is 0 Å². The van der Waals surface area contributed by atoms with E-state index < -0.39 is 10.0 Å². The summed E-state index contributed by atoms with van der Waals surface area (Å²) in [5.41, 5.74) is 0.787. The van der Waals surface area contributed by atoms with Crippen molar-refractivity contribution in [2.45, 2.75) is 44.2 Å². The molecule has 118 valence electrons. The van der Waals surface area contributed by atoms with Crippen LogP contribution in [0.15, 0.2) is 23.1 Å². The molecule has 3 unspecified atom stereocenters. The summed E-state index contributed by atoms with van der Waals surface area (Å²) >= 11 is 6.08. The first-order chi connectivity index (χ1) is 9.85. The summed E-state index contributed by atoms with van der Waals surface area (Å²) in [5, 5.41) is 3.56. The molecule has 3 atom stereocenters. The standard InChI is InChI=1S/C15H23ClN2O2S/c1-10-4-7-15(11(10)2)18-21(19,20)13-5-6-14(16)12(8-13)9-17-3/h5-6,8,10-11,15,17-18H,4,7,9H2,1-3H3. The summed E-state index contributed by atoms with van der Waals surface area (Å²) < 4.78 is 27.9. The lowest BCUT2D eigenvalue weighted by Crippen LogP contribution is -2.37. The van der Waals surface area contributed by atoms with Gasteiger partial charge in [0.15, 0.2) is 0 Å². The highest BCUT2D eigenvalue weighted by atomic mass is 35.5. The molecule has 0 saturated heterocycles. The van der Waals surface area contributed by atoms with E-state index in [9.17, 15) is 8.42 Å². The summed E-state index contributed by atoms with van der Waals surface area (Å²) in [6, 6.07) is 4.87. The third kappa shape index (κ3) is 3.77. The number of sulfonamides is 1. The van der Waals surface area contributed by atoms with Crippen molar-refractivity contribution in [3.63, 3.8) is 0 Å². The van der Waals surface area contributed by atoms with Crippen LogP contribution in [0.3, 0.4) is 0 Å². The molecule has 1 aliphatic rings. The van der Waals surface area contributed by atoms with Crippen LogP contribution in [-0.2, 0) is 16.6 Å². The maximum absolute atomic E-state index is 12.5. The van der Waals surface area contributed by atoms with Gasteiger partial charge in [-0.25, -0.2) is 13.1 Å². The zero-order valence-corrected chi connectivity index (χ0v) is 14.3. The molecule has 0 spiro atoms. The van der Waals surface area contributed by atoms with Crippen molar-refractivity contribution < 1.29 is 8.42 Å². The van der Waals surface area contributed by atoms with Crippen LogP contribution in [0.1, 0.15) is 32.3 Å². The first-order valence-electron chi connectivity index (χ1n) is 7.30. The third-order valence-corrected chi connectivity index (χ3v) is 6.32. The van der Waals surface area contributed by atoms with Crippen molar-refractivity contribution >= 4 is 21.6 Å². The van der Waals surface area contributed by atoms with Gasteiger partial charge < -0.3 is 5.32 Å². The van der Waals surface area contributed by atoms with Gasteiger partial charge in [-0.1, -0.05) is 25.4 Å². The lowest BCUT2D eigenvalue weighted by molar-refractivity contribution is 0.402. The molecule has 6 heteroatoms. The average molecular weight is 331 g/mol. The van der Waals surface area contributed by atoms with Gasteiger partial charge in [0, 0.05) is 17.6 Å². The Morgan fingerprint density at radius 1 is 1.29 bits per heavy atom. The molecule has 1 aromatic rings. The molecule has 0 amide bonds. The molecule has 1 aromatic carbocycles. The number of rotatable bonds is 5. The minimum atomic E-state index is -3.49. The van der Waals surface area contributed by atoms with Crippen molar-refractivity contribution in [2.24, 2.45) is 11.8 Å². The van der Waals surface area contributed by atoms with Crippen LogP contribution in [0.4, 0.5) is 0 Å². The topological polar surface area (TPSA) is 58.2 Å². The first-order valence-corrected chi connectivity index (χ1v) is 9.16. The molecule has 2 N–H and O–H groups in total. The zero-order chi connectivity index (χ0) is 15.6. The average Bonchev–Trinajstić information content (AvgIpc) is 2.73. The number of nitrogens with one attached hydrogen (secondary N) is 2. The summed E-state index contributed by atoms with van der Waals surface area (Å²) in [6.07, 6.45) is 1.97. The van der Waals surface area contributed by atoms with E-state index in [0.717, 1.165) is 18.4 Å². The Hall–Kier alpha value is -0.620. The molecule has 0 radical (unpaired) electrons. The third-order valence-electron chi connectivity index (χ3n) is 4.47. The molecule has 0 heterocycles. The van der Waals surface area contributed by atoms with Gasteiger partial charge in [-0.05, 0) is 55.5 Å². The summed E-state index contributed by atoms with van der Waals surface area (Å²) in [6.45, 7) is 4.82. The maximum Gasteiger partial charge on any atom is 0.240 e. The van der Waals surface area contributed by atoms with E-state index in [4.69, 9.17) is 11.6 Å². The highest BCUT2D eigenvalue weighted by molar-refractivity contribution is 7.89. The minimum Gasteiger partial charge on any atom is -0.316 e. The highest BCUT2D eigenvalue weighted by Crippen LogP contribution is 2.32. The Labute approximate surface area is 132 Å². The Morgan fingerprint density at radius 2 is 2.00 bits per heavy atom. The van der Waals surface area contributed by atoms with Crippen LogP contribution in [0.5, 0.6) is 0 Å². The molecule has 1 aliphatic carbocycles. The SMILES string of the molecule is CNCc1cc(S(=O)(=O)NC2CCC(C)C2C)ccc1Cl. The normalized spacial score (nSPS) is 26.2. The van der Waals surface area contributed by atoms with Crippen LogP contribution in [0.25, 0.3) is 0 Å². The van der Waals surface area contributed by atoms with E-state index in [1.165, 1.54) is 0 Å². The summed E-state index contributed by atoms with van der Waals surface area (Å²) in [7, 11) is -1.69. The van der Waals surface area contributed by atoms with Crippen molar-refractivity contribution in [2.75, 3.05) is 7.05 Å². The van der Waals surface area contributed by atoms with Crippen LogP contribution < -0.4 is 10.0 Å². The van der Waals surface area contributed by atoms with Gasteiger partial charge in [0.25, 0.3) is 0 Å². The van der Waals surface area contributed by atoms with Crippen LogP contribution in [0, 0.1) is 11.8 Å². The maximum atomic E-state index is 12.5. The van der Waals surface area contributed by atoms with Crippen molar-refractivity contribution in [1.29, 1.82) is 0 Å². The molecule has 0 aliphatic heterocycles. The molecule has 1 saturated carbocycles. The van der Waals surface area contributed by atoms with E-state index in [-0.39, 0.29) is 10.9 Å². The van der Waals surface area contributed by atoms with E-state index in [2.05, 4.69) is 23.9 Å². The fourth-order valence-electron chi connectivity index (χ4n) is 2.84. The minimum absolute atomic E-state index is 0.0217. The number of hydrogen-bond acceptors (Lipinski definition) is 3. The number of hydrogen-bond donors (Lipinski definition) is 2. The summed E-state index contributed by atoms with van der Waals surface area (Å²) in [4.78, 5) is 0.281. The van der Waals surface area contributed by atoms with E-state index in [0.29, 0.717) is 23.4 Å². The molecule has 1 fully saturated rings. The predicted molar refractivity (Wildman–Crippen MR) is 85.9 cm³/mol. The molecular formula is C15H23ClN2O2S. The number of benzene rings is 1. The highest BCUT2D eigenvalue weighted by Gasteiger charge is 2.33. The van der Waals surface area contributed by atoms with Gasteiger partial charge in [0.05, 0.1) is 4.90 Å². The molecular weight excluding hydrogens is 308 g/mol. The molecule has 4 nitrogen and oxygen atoms in total. The van der Waals surface area contributed by atoms with E-state index >= 15 is 0 Å². The van der Waals surface area contributed by atoms with Gasteiger partial charge in [-0.2, -0.15) is 0 Å². The second-order valence-electron chi connectivity index (χ2n) is 5.93. The van der Waals surface area contributed by atoms with Crippen molar-refractivity contribution in [3.05, 3.63) is 28.8 Å². The smallest absolute Gasteiger partial charge is 0.240 e. The fourth-order valence-corrected chi connectivity index (χ4v) is 4.44. The quantitative estimate of drug-likeness (QED) is 0.872. The van der Waals surface area contributed by atoms with Gasteiger partial charge in [0.1, 0.15) is 0 Å². The Morgan fingerprint density at radius 3 is 2.57 bits per heavy atom. The zero-order valence-electron chi connectivity index (χ0n) is 12.7. The van der Waals surface area contributed by atoms with Crippen LogP contribution >= 0.6 is 11.6 Å². The summed E-state index contributed by atoms with van der Waals surface area (Å²) in [5.74, 6) is 0.923. The molecule has 21 heavy (non-hydrogen) atoms. The van der Waals surface area contributed by atoms with Gasteiger partial charge >= 0.3 is 0 Å². The predicted octanol–water partition coefficient (Wildman–Crippen LogP) is 2.77. The molecule has 2 rings (SSSR count). The van der Waals surface area contributed by atoms with Crippen molar-refractivity contribution in [1.82, 2.24) is 10.0 Å². The lowest BCUT2D eigenvalue weighted by atomic mass is 9.98. The van der Waals surface area contributed by atoms with Gasteiger partial charge in [0.2, 0.25) is 10.0 Å². The molecule has 0 aromatic heterocycles. The number of halogens is 1. The van der Waals surface area contributed by atoms with E-state index in [1.54, 1.807) is 25.2 Å². The van der Waals surface area contributed by atoms with Gasteiger partial charge in [-0.3, -0.25) is 0 Å². The molecule has 0 bridgehead atoms. The second-order valence-corrected chi connectivity index (χ2v) is 8.05. The second kappa shape index (κ2) is 6.65. The van der Waals surface area contributed by atoms with Crippen LogP contribution in [-0.4, -0.2) is 21.5 Å². The largest absolute Gasteiger partial charge is 0.316 e.